The van der Waals surface area contributed by atoms with Crippen LogP contribution in [0.5, 0.6) is 0 Å². The largest absolute Gasteiger partial charge is 0.235 e. The Labute approximate surface area is 87.6 Å². The van der Waals surface area contributed by atoms with Crippen LogP contribution in [0.4, 0.5) is 0 Å². The molecule has 0 N–H and O–H groups in total. The van der Waals surface area contributed by atoms with E-state index >= 15 is 0 Å². The number of aliphatic imine (C=N–C) groups is 1. The monoisotopic (exact) mass is 207 g/mol. The van der Waals surface area contributed by atoms with Gasteiger partial charge in [-0.25, -0.2) is 9.79 Å². The van der Waals surface area contributed by atoms with Crippen molar-refractivity contribution in [2.45, 2.75) is 25.3 Å². The van der Waals surface area contributed by atoms with Gasteiger partial charge in [0.1, 0.15) is 0 Å². The van der Waals surface area contributed by atoms with Gasteiger partial charge in [0.25, 0.3) is 0 Å². The second kappa shape index (κ2) is 3.95. The molecule has 1 atom stereocenters. The van der Waals surface area contributed by atoms with Gasteiger partial charge in [-0.05, 0) is 36.5 Å². The van der Waals surface area contributed by atoms with Gasteiger partial charge in [0.2, 0.25) is 6.08 Å². The molecule has 1 aromatic carbocycles. The zero-order chi connectivity index (χ0) is 9.97. The molecule has 0 fully saturated rings. The Hall–Kier alpha value is -1.11. The number of nitrogens with zero attached hydrogens (tertiary/aromatic N) is 1. The molecule has 0 amide bonds. The molecule has 1 aromatic rings. The highest BCUT2D eigenvalue weighted by Gasteiger charge is 2.19. The van der Waals surface area contributed by atoms with Crippen LogP contribution in [-0.2, 0) is 17.6 Å². The van der Waals surface area contributed by atoms with E-state index in [2.05, 4.69) is 11.1 Å². The highest BCUT2D eigenvalue weighted by atomic mass is 35.5. The molecule has 1 aliphatic carbocycles. The number of halogens is 1. The molecule has 0 saturated heterocycles. The van der Waals surface area contributed by atoms with Crippen molar-refractivity contribution < 1.29 is 4.79 Å². The summed E-state index contributed by atoms with van der Waals surface area (Å²) in [6.45, 7) is 0. The number of isocyanates is 1. The molecule has 0 saturated carbocycles. The predicted octanol–water partition coefficient (Wildman–Crippen LogP) is 2.53. The Morgan fingerprint density at radius 1 is 1.50 bits per heavy atom. The minimum atomic E-state index is 0.0694. The Balaban J connectivity index is 2.33. The van der Waals surface area contributed by atoms with Gasteiger partial charge < -0.3 is 0 Å². The summed E-state index contributed by atoms with van der Waals surface area (Å²) in [5.74, 6) is 0. The van der Waals surface area contributed by atoms with E-state index in [1.54, 1.807) is 6.08 Å². The topological polar surface area (TPSA) is 29.4 Å². The Morgan fingerprint density at radius 2 is 2.36 bits per heavy atom. The summed E-state index contributed by atoms with van der Waals surface area (Å²) < 4.78 is 0. The van der Waals surface area contributed by atoms with Gasteiger partial charge >= 0.3 is 0 Å². The number of rotatable bonds is 1. The smallest absolute Gasteiger partial charge is 0.211 e. The molecule has 72 valence electrons. The van der Waals surface area contributed by atoms with E-state index in [-0.39, 0.29) is 6.04 Å². The quantitative estimate of drug-likeness (QED) is 0.514. The first-order valence-corrected chi connectivity index (χ1v) is 5.02. The standard InChI is InChI=1S/C11H10ClNO/c12-11-3-1-2-8-4-5-9(13-7-14)6-10(8)11/h1-3,9H,4-6H2. The molecular weight excluding hydrogens is 198 g/mol. The number of carbonyl (C=O) groups excluding carboxylic acids is 1. The van der Waals surface area contributed by atoms with E-state index in [1.807, 2.05) is 12.1 Å². The van der Waals surface area contributed by atoms with Crippen LogP contribution in [0.15, 0.2) is 23.2 Å². The van der Waals surface area contributed by atoms with Crippen molar-refractivity contribution in [2.75, 3.05) is 0 Å². The molecule has 0 heterocycles. The summed E-state index contributed by atoms with van der Waals surface area (Å²) in [6, 6.07) is 6.00. The fourth-order valence-corrected chi connectivity index (χ4v) is 2.18. The van der Waals surface area contributed by atoms with Crippen LogP contribution in [0.3, 0.4) is 0 Å². The molecule has 1 unspecified atom stereocenters. The van der Waals surface area contributed by atoms with Gasteiger partial charge in [-0.15, -0.1) is 0 Å². The van der Waals surface area contributed by atoms with Crippen LogP contribution in [0.2, 0.25) is 5.02 Å². The van der Waals surface area contributed by atoms with Crippen LogP contribution >= 0.6 is 11.6 Å². The average Bonchev–Trinajstić information content (AvgIpc) is 2.20. The van der Waals surface area contributed by atoms with Gasteiger partial charge in [0.05, 0.1) is 6.04 Å². The summed E-state index contributed by atoms with van der Waals surface area (Å²) in [7, 11) is 0. The van der Waals surface area contributed by atoms with Gasteiger partial charge in [-0.3, -0.25) is 0 Å². The molecule has 0 radical (unpaired) electrons. The highest BCUT2D eigenvalue weighted by molar-refractivity contribution is 6.31. The average molecular weight is 208 g/mol. The first-order chi connectivity index (χ1) is 6.81. The van der Waals surface area contributed by atoms with E-state index in [0.717, 1.165) is 29.8 Å². The lowest BCUT2D eigenvalue weighted by atomic mass is 9.88. The van der Waals surface area contributed by atoms with E-state index in [4.69, 9.17) is 11.6 Å². The summed E-state index contributed by atoms with van der Waals surface area (Å²) in [6.07, 6.45) is 4.26. The van der Waals surface area contributed by atoms with Crippen molar-refractivity contribution in [2.24, 2.45) is 4.99 Å². The predicted molar refractivity (Wildman–Crippen MR) is 55.4 cm³/mol. The number of hydrogen-bond acceptors (Lipinski definition) is 2. The molecule has 1 aliphatic rings. The third-order valence-corrected chi connectivity index (χ3v) is 2.99. The lowest BCUT2D eigenvalue weighted by Crippen LogP contribution is -2.17. The molecular formula is C11H10ClNO. The van der Waals surface area contributed by atoms with E-state index in [0.29, 0.717) is 0 Å². The van der Waals surface area contributed by atoms with Crippen molar-refractivity contribution >= 4 is 17.7 Å². The van der Waals surface area contributed by atoms with Crippen LogP contribution in [0.25, 0.3) is 0 Å². The Kier molecular flexibility index (Phi) is 2.67. The molecule has 0 bridgehead atoms. The van der Waals surface area contributed by atoms with E-state index in [9.17, 15) is 4.79 Å². The second-order valence-electron chi connectivity index (χ2n) is 3.49. The first-order valence-electron chi connectivity index (χ1n) is 4.64. The lowest BCUT2D eigenvalue weighted by Gasteiger charge is -2.21. The molecule has 14 heavy (non-hydrogen) atoms. The number of fused-ring (bicyclic) bond motifs is 1. The fourth-order valence-electron chi connectivity index (χ4n) is 1.91. The minimum absolute atomic E-state index is 0.0694. The maximum absolute atomic E-state index is 10.1. The van der Waals surface area contributed by atoms with Gasteiger partial charge in [-0.1, -0.05) is 23.7 Å². The molecule has 0 aromatic heterocycles. The maximum Gasteiger partial charge on any atom is 0.235 e. The molecule has 0 aliphatic heterocycles. The van der Waals surface area contributed by atoms with Crippen molar-refractivity contribution in [1.82, 2.24) is 0 Å². The van der Waals surface area contributed by atoms with Gasteiger partial charge in [0.15, 0.2) is 0 Å². The minimum Gasteiger partial charge on any atom is -0.211 e. The summed E-state index contributed by atoms with van der Waals surface area (Å²) >= 11 is 6.07. The molecule has 3 heteroatoms. The first kappa shape index (κ1) is 9.45. The van der Waals surface area contributed by atoms with Crippen molar-refractivity contribution in [3.05, 3.63) is 34.3 Å². The van der Waals surface area contributed by atoms with Crippen LogP contribution < -0.4 is 0 Å². The number of benzene rings is 1. The van der Waals surface area contributed by atoms with E-state index < -0.39 is 0 Å². The van der Waals surface area contributed by atoms with Gasteiger partial charge in [0, 0.05) is 5.02 Å². The van der Waals surface area contributed by atoms with Crippen LogP contribution in [0, 0.1) is 0 Å². The van der Waals surface area contributed by atoms with Crippen molar-refractivity contribution in [3.63, 3.8) is 0 Å². The van der Waals surface area contributed by atoms with Crippen molar-refractivity contribution in [1.29, 1.82) is 0 Å². The summed E-state index contributed by atoms with van der Waals surface area (Å²) in [4.78, 5) is 13.9. The summed E-state index contributed by atoms with van der Waals surface area (Å²) in [5, 5.41) is 0.785. The SMILES string of the molecule is O=C=NC1CCc2cccc(Cl)c2C1. The molecule has 2 rings (SSSR count). The number of hydrogen-bond donors (Lipinski definition) is 0. The van der Waals surface area contributed by atoms with Crippen LogP contribution in [-0.4, -0.2) is 12.1 Å². The Bertz CT molecular complexity index is 396. The third kappa shape index (κ3) is 1.72. The lowest BCUT2D eigenvalue weighted by molar-refractivity contribution is 0.539. The van der Waals surface area contributed by atoms with Crippen LogP contribution in [0.1, 0.15) is 17.5 Å². The fraction of sp³-hybridized carbons (Fsp3) is 0.364. The highest BCUT2D eigenvalue weighted by Crippen LogP contribution is 2.28. The number of aryl methyl sites for hydroxylation is 1. The maximum atomic E-state index is 10.1. The summed E-state index contributed by atoms with van der Waals surface area (Å²) in [5.41, 5.74) is 2.43. The molecule has 0 spiro atoms. The normalized spacial score (nSPS) is 19.6. The molecule has 2 nitrogen and oxygen atoms in total. The second-order valence-corrected chi connectivity index (χ2v) is 3.90. The van der Waals surface area contributed by atoms with Crippen molar-refractivity contribution in [3.8, 4) is 0 Å². The van der Waals surface area contributed by atoms with Gasteiger partial charge in [-0.2, -0.15) is 0 Å². The third-order valence-electron chi connectivity index (χ3n) is 2.64. The zero-order valence-corrected chi connectivity index (χ0v) is 8.42. The van der Waals surface area contributed by atoms with E-state index in [1.165, 1.54) is 5.56 Å². The Morgan fingerprint density at radius 3 is 3.14 bits per heavy atom. The zero-order valence-electron chi connectivity index (χ0n) is 7.66.